The first-order valence-electron chi connectivity index (χ1n) is 8.17. The van der Waals surface area contributed by atoms with Gasteiger partial charge in [-0.2, -0.15) is 10.5 Å². The zero-order chi connectivity index (χ0) is 17.0. The summed E-state index contributed by atoms with van der Waals surface area (Å²) < 4.78 is 0. The molecule has 24 heavy (non-hydrogen) atoms. The van der Waals surface area contributed by atoms with Crippen LogP contribution in [0.25, 0.3) is 0 Å². The minimum atomic E-state index is 0.0284. The third kappa shape index (κ3) is 5.21. The molecular formula is C20H22N4. The number of nitrogens with zero attached hydrogens (tertiary/aromatic N) is 2. The van der Waals surface area contributed by atoms with Crippen LogP contribution in [0, 0.1) is 22.7 Å². The zero-order valence-electron chi connectivity index (χ0n) is 13.7. The molecule has 0 aromatic heterocycles. The summed E-state index contributed by atoms with van der Waals surface area (Å²) in [7, 11) is 0. The summed E-state index contributed by atoms with van der Waals surface area (Å²) in [5, 5.41) is 24.7. The molecule has 2 N–H and O–H groups in total. The van der Waals surface area contributed by atoms with Crippen molar-refractivity contribution >= 4 is 0 Å². The molecule has 0 bridgehead atoms. The molecule has 0 aliphatic carbocycles. The minimum Gasteiger partial charge on any atom is -0.307 e. The number of benzene rings is 2. The van der Waals surface area contributed by atoms with Gasteiger partial charge in [-0.1, -0.05) is 60.7 Å². The van der Waals surface area contributed by atoms with E-state index in [1.54, 1.807) is 0 Å². The average molecular weight is 318 g/mol. The minimum absolute atomic E-state index is 0.0284. The molecule has 0 heterocycles. The van der Waals surface area contributed by atoms with E-state index in [9.17, 15) is 0 Å². The summed E-state index contributed by atoms with van der Waals surface area (Å²) in [6, 6.07) is 24.8. The summed E-state index contributed by atoms with van der Waals surface area (Å²) in [6.45, 7) is 1.25. The Balaban J connectivity index is 2.28. The third-order valence-corrected chi connectivity index (χ3v) is 3.85. The van der Waals surface area contributed by atoms with E-state index in [4.69, 9.17) is 10.5 Å². The first-order chi connectivity index (χ1) is 11.9. The molecule has 4 heteroatoms. The second-order valence-electron chi connectivity index (χ2n) is 5.50. The van der Waals surface area contributed by atoms with Crippen molar-refractivity contribution in [1.82, 2.24) is 10.6 Å². The molecule has 0 unspecified atom stereocenters. The van der Waals surface area contributed by atoms with Crippen molar-refractivity contribution in [1.29, 1.82) is 10.5 Å². The van der Waals surface area contributed by atoms with Crippen LogP contribution in [0.3, 0.4) is 0 Å². The van der Waals surface area contributed by atoms with E-state index in [1.807, 2.05) is 36.4 Å². The van der Waals surface area contributed by atoms with E-state index in [1.165, 1.54) is 0 Å². The van der Waals surface area contributed by atoms with E-state index in [2.05, 4.69) is 47.0 Å². The Hall–Kier alpha value is -2.66. The van der Waals surface area contributed by atoms with E-state index in [-0.39, 0.29) is 12.1 Å². The quantitative estimate of drug-likeness (QED) is 0.694. The van der Waals surface area contributed by atoms with Gasteiger partial charge < -0.3 is 10.6 Å². The van der Waals surface area contributed by atoms with Gasteiger partial charge in [0.05, 0.1) is 24.2 Å². The zero-order valence-corrected chi connectivity index (χ0v) is 13.7. The highest BCUT2D eigenvalue weighted by Gasteiger charge is 2.23. The van der Waals surface area contributed by atoms with Gasteiger partial charge >= 0.3 is 0 Å². The Kier molecular flexibility index (Phi) is 7.50. The summed E-state index contributed by atoms with van der Waals surface area (Å²) in [6.07, 6.45) is 0.923. The van der Waals surface area contributed by atoms with Crippen LogP contribution in [0.4, 0.5) is 0 Å². The van der Waals surface area contributed by atoms with Crippen molar-refractivity contribution in [3.05, 3.63) is 71.8 Å². The van der Waals surface area contributed by atoms with Crippen LogP contribution in [0.5, 0.6) is 0 Å². The van der Waals surface area contributed by atoms with Gasteiger partial charge in [0.25, 0.3) is 0 Å². The lowest BCUT2D eigenvalue weighted by molar-refractivity contribution is 0.390. The largest absolute Gasteiger partial charge is 0.307 e. The monoisotopic (exact) mass is 318 g/mol. The highest BCUT2D eigenvalue weighted by atomic mass is 15.0. The van der Waals surface area contributed by atoms with Crippen molar-refractivity contribution in [3.63, 3.8) is 0 Å². The molecule has 0 radical (unpaired) electrons. The van der Waals surface area contributed by atoms with Crippen LogP contribution in [-0.2, 0) is 0 Å². The number of nitrogens with one attached hydrogen (secondary N) is 2. The standard InChI is InChI=1S/C20H22N4/c21-13-7-15-23-19(17-9-3-1-4-10-17)20(24-16-8-14-22)18-11-5-2-6-12-18/h1-6,9-12,19-20,23-24H,7-8,15-16H2/t19-,20-/m0/s1. The molecule has 122 valence electrons. The van der Waals surface area contributed by atoms with Gasteiger partial charge in [0.1, 0.15) is 0 Å². The van der Waals surface area contributed by atoms with Crippen molar-refractivity contribution in [2.45, 2.75) is 24.9 Å². The van der Waals surface area contributed by atoms with Crippen molar-refractivity contribution < 1.29 is 0 Å². The summed E-state index contributed by atoms with van der Waals surface area (Å²) in [4.78, 5) is 0. The maximum Gasteiger partial charge on any atom is 0.0635 e. The lowest BCUT2D eigenvalue weighted by Gasteiger charge is -2.30. The topological polar surface area (TPSA) is 71.6 Å². The molecule has 0 saturated heterocycles. The first-order valence-corrected chi connectivity index (χ1v) is 8.17. The predicted molar refractivity (Wildman–Crippen MR) is 94.8 cm³/mol. The van der Waals surface area contributed by atoms with Crippen LogP contribution in [-0.4, -0.2) is 13.1 Å². The van der Waals surface area contributed by atoms with E-state index in [0.717, 1.165) is 11.1 Å². The predicted octanol–water partition coefficient (Wildman–Crippen LogP) is 3.48. The number of hydrogen-bond donors (Lipinski definition) is 2. The highest BCUT2D eigenvalue weighted by Crippen LogP contribution is 2.28. The summed E-state index contributed by atoms with van der Waals surface area (Å²) in [5.74, 6) is 0. The van der Waals surface area contributed by atoms with Gasteiger partial charge in [-0.25, -0.2) is 0 Å². The van der Waals surface area contributed by atoms with Crippen molar-refractivity contribution in [2.75, 3.05) is 13.1 Å². The maximum atomic E-state index is 8.84. The third-order valence-electron chi connectivity index (χ3n) is 3.85. The van der Waals surface area contributed by atoms with Gasteiger partial charge in [-0.15, -0.1) is 0 Å². The highest BCUT2D eigenvalue weighted by molar-refractivity contribution is 5.27. The van der Waals surface area contributed by atoms with Crippen molar-refractivity contribution in [3.8, 4) is 12.1 Å². The van der Waals surface area contributed by atoms with Crippen LogP contribution >= 0.6 is 0 Å². The molecule has 2 aromatic carbocycles. The van der Waals surface area contributed by atoms with Crippen LogP contribution < -0.4 is 10.6 Å². The van der Waals surface area contributed by atoms with Crippen molar-refractivity contribution in [2.24, 2.45) is 0 Å². The lowest BCUT2D eigenvalue weighted by atomic mass is 9.93. The Bertz CT molecular complexity index is 609. The van der Waals surface area contributed by atoms with Gasteiger partial charge in [0.15, 0.2) is 0 Å². The second kappa shape index (κ2) is 10.2. The number of nitriles is 2. The van der Waals surface area contributed by atoms with Crippen LogP contribution in [0.15, 0.2) is 60.7 Å². The molecule has 2 aromatic rings. The molecule has 0 aliphatic rings. The Labute approximate surface area is 143 Å². The van der Waals surface area contributed by atoms with E-state index < -0.39 is 0 Å². The molecule has 0 fully saturated rings. The number of hydrogen-bond acceptors (Lipinski definition) is 4. The van der Waals surface area contributed by atoms with Crippen LogP contribution in [0.2, 0.25) is 0 Å². The lowest BCUT2D eigenvalue weighted by Crippen LogP contribution is -2.36. The van der Waals surface area contributed by atoms with Crippen LogP contribution in [0.1, 0.15) is 36.1 Å². The van der Waals surface area contributed by atoms with E-state index in [0.29, 0.717) is 25.9 Å². The maximum absolute atomic E-state index is 8.84. The molecule has 0 spiro atoms. The molecule has 4 nitrogen and oxygen atoms in total. The average Bonchev–Trinajstić information content (AvgIpc) is 2.65. The Morgan fingerprint density at radius 1 is 0.667 bits per heavy atom. The smallest absolute Gasteiger partial charge is 0.0635 e. The fraction of sp³-hybridized carbons (Fsp3) is 0.300. The molecule has 2 rings (SSSR count). The summed E-state index contributed by atoms with van der Waals surface area (Å²) >= 11 is 0. The molecular weight excluding hydrogens is 296 g/mol. The molecule has 0 amide bonds. The summed E-state index contributed by atoms with van der Waals surface area (Å²) in [5.41, 5.74) is 2.32. The number of rotatable bonds is 9. The van der Waals surface area contributed by atoms with Gasteiger partial charge in [-0.3, -0.25) is 0 Å². The van der Waals surface area contributed by atoms with Gasteiger partial charge in [-0.05, 0) is 11.1 Å². The van der Waals surface area contributed by atoms with E-state index >= 15 is 0 Å². The van der Waals surface area contributed by atoms with Gasteiger partial charge in [0.2, 0.25) is 0 Å². The van der Waals surface area contributed by atoms with Gasteiger partial charge in [0, 0.05) is 25.9 Å². The Morgan fingerprint density at radius 2 is 1.04 bits per heavy atom. The molecule has 0 aliphatic heterocycles. The second-order valence-corrected chi connectivity index (χ2v) is 5.50. The molecule has 2 atom stereocenters. The first kappa shape index (κ1) is 17.7. The SMILES string of the molecule is N#CCCN[C@@H](c1ccccc1)[C@@H](NCCC#N)c1ccccc1. The Morgan fingerprint density at radius 3 is 1.38 bits per heavy atom. The normalized spacial score (nSPS) is 12.8. The fourth-order valence-corrected chi connectivity index (χ4v) is 2.74. The molecule has 0 saturated carbocycles. The fourth-order valence-electron chi connectivity index (χ4n) is 2.74.